The molecule has 4 rings (SSSR count). The highest BCUT2D eigenvalue weighted by Gasteiger charge is 2.55. The van der Waals surface area contributed by atoms with Gasteiger partial charge < -0.3 is 4.90 Å². The van der Waals surface area contributed by atoms with E-state index in [1.165, 1.54) is 24.8 Å². The Labute approximate surface area is 179 Å². The summed E-state index contributed by atoms with van der Waals surface area (Å²) in [5, 5.41) is 2.62. The van der Waals surface area contributed by atoms with Gasteiger partial charge >= 0.3 is 0 Å². The summed E-state index contributed by atoms with van der Waals surface area (Å²) in [6.07, 6.45) is 15.4. The Kier molecular flexibility index (Phi) is 6.19. The molecule has 2 amide bonds. The van der Waals surface area contributed by atoms with Crippen LogP contribution < -0.4 is 5.32 Å². The number of amides is 2. The lowest BCUT2D eigenvalue weighted by Gasteiger charge is -2.39. The number of nitrogens with zero attached hydrogens (tertiary/aromatic N) is 2. The van der Waals surface area contributed by atoms with Crippen LogP contribution in [0, 0.1) is 11.3 Å². The second kappa shape index (κ2) is 8.84. The van der Waals surface area contributed by atoms with Crippen molar-refractivity contribution in [1.29, 1.82) is 0 Å². The summed E-state index contributed by atoms with van der Waals surface area (Å²) in [6, 6.07) is 4.68. The van der Waals surface area contributed by atoms with Crippen molar-refractivity contribution in [2.75, 3.05) is 13.1 Å². The van der Waals surface area contributed by atoms with Crippen molar-refractivity contribution in [1.82, 2.24) is 15.2 Å². The highest BCUT2D eigenvalue weighted by Crippen LogP contribution is 2.47. The number of aromatic nitrogens is 1. The summed E-state index contributed by atoms with van der Waals surface area (Å²) >= 11 is 0. The molecule has 1 aliphatic carbocycles. The lowest BCUT2D eigenvalue weighted by Crippen LogP contribution is -2.43. The molecule has 0 radical (unpaired) electrons. The third-order valence-electron chi connectivity index (χ3n) is 7.42. The minimum Gasteiger partial charge on any atom is -0.300 e. The number of nitrogens with one attached hydrogen (secondary N) is 1. The van der Waals surface area contributed by atoms with Gasteiger partial charge in [0.05, 0.1) is 11.3 Å². The van der Waals surface area contributed by atoms with E-state index in [1.54, 1.807) is 0 Å². The van der Waals surface area contributed by atoms with Crippen LogP contribution in [0.1, 0.15) is 57.9 Å². The van der Waals surface area contributed by atoms with Gasteiger partial charge in [0.15, 0.2) is 0 Å². The van der Waals surface area contributed by atoms with Crippen LogP contribution in [0.15, 0.2) is 47.8 Å². The minimum atomic E-state index is -0.694. The number of pyridine rings is 1. The van der Waals surface area contributed by atoms with E-state index in [-0.39, 0.29) is 17.7 Å². The number of piperidine rings is 1. The topological polar surface area (TPSA) is 62.3 Å². The van der Waals surface area contributed by atoms with Crippen molar-refractivity contribution in [2.45, 2.75) is 64.8 Å². The Bertz CT molecular complexity index is 860. The molecular formula is C25H33N3O2. The highest BCUT2D eigenvalue weighted by molar-refractivity contribution is 6.10. The Hall–Kier alpha value is -2.27. The third kappa shape index (κ3) is 4.00. The van der Waals surface area contributed by atoms with Gasteiger partial charge in [0.1, 0.15) is 0 Å². The van der Waals surface area contributed by atoms with E-state index in [9.17, 15) is 9.59 Å². The Morgan fingerprint density at radius 3 is 2.80 bits per heavy atom. The first kappa shape index (κ1) is 21.0. The molecule has 30 heavy (non-hydrogen) atoms. The molecule has 2 saturated heterocycles. The van der Waals surface area contributed by atoms with Gasteiger partial charge in [-0.2, -0.15) is 0 Å². The van der Waals surface area contributed by atoms with Crippen LogP contribution in [0.3, 0.4) is 0 Å². The minimum absolute atomic E-state index is 0.111. The largest absolute Gasteiger partial charge is 0.300 e. The summed E-state index contributed by atoms with van der Waals surface area (Å²) in [5.74, 6) is -0.571. The summed E-state index contributed by atoms with van der Waals surface area (Å²) < 4.78 is 0. The number of carbonyl (C=O) groups is 2. The molecule has 5 nitrogen and oxygen atoms in total. The maximum absolute atomic E-state index is 12.9. The van der Waals surface area contributed by atoms with Crippen LogP contribution in [0.5, 0.6) is 0 Å². The second-order valence-electron chi connectivity index (χ2n) is 9.17. The molecule has 1 aromatic rings. The Morgan fingerprint density at radius 2 is 2.00 bits per heavy atom. The fourth-order valence-corrected chi connectivity index (χ4v) is 5.52. The van der Waals surface area contributed by atoms with Crippen molar-refractivity contribution in [3.63, 3.8) is 0 Å². The summed E-state index contributed by atoms with van der Waals surface area (Å²) in [4.78, 5) is 32.1. The zero-order valence-electron chi connectivity index (χ0n) is 18.2. The van der Waals surface area contributed by atoms with Crippen LogP contribution in [0.2, 0.25) is 0 Å². The van der Waals surface area contributed by atoms with Crippen molar-refractivity contribution in [3.05, 3.63) is 53.4 Å². The maximum atomic E-state index is 12.9. The molecule has 0 bridgehead atoms. The van der Waals surface area contributed by atoms with E-state index in [1.807, 2.05) is 38.4 Å². The number of rotatable bonds is 7. The van der Waals surface area contributed by atoms with Crippen LogP contribution in [-0.2, 0) is 16.0 Å². The summed E-state index contributed by atoms with van der Waals surface area (Å²) in [5.41, 5.74) is 2.79. The lowest BCUT2D eigenvalue weighted by atomic mass is 9.66. The molecule has 3 atom stereocenters. The summed E-state index contributed by atoms with van der Waals surface area (Å²) in [7, 11) is 0. The smallest absolute Gasteiger partial charge is 0.237 e. The number of carbonyl (C=O) groups excluding carboxylic acids is 2. The molecule has 160 valence electrons. The standard InChI is InChI=1S/C25H33N3O2/c1-18-8-12-25(22(19(18)2)23(29)27-24(25)30)13-9-21-7-3-4-16-28(21)17-5-6-20-10-14-26-15-11-20/h8,10-12,14-15,21-22H,3-7,9,13,16-17H2,1-2H3,(H,27,29,30). The zero-order chi connectivity index (χ0) is 21.1. The average molecular weight is 408 g/mol. The molecule has 3 heterocycles. The highest BCUT2D eigenvalue weighted by atomic mass is 16.2. The van der Waals surface area contributed by atoms with Gasteiger partial charge in [0.25, 0.3) is 0 Å². The number of allylic oxidation sites excluding steroid dienone is 2. The van der Waals surface area contributed by atoms with Crippen LogP contribution in [-0.4, -0.2) is 40.8 Å². The van der Waals surface area contributed by atoms with Crippen LogP contribution in [0.4, 0.5) is 0 Å². The SMILES string of the molecule is CC1=C(C)C2C(=O)NC(=O)C2(CCC2CCCCN2CCCc2ccncc2)C=C1. The van der Waals surface area contributed by atoms with Gasteiger partial charge in [-0.3, -0.25) is 19.9 Å². The predicted octanol–water partition coefficient (Wildman–Crippen LogP) is 3.81. The Balaban J connectivity index is 1.40. The lowest BCUT2D eigenvalue weighted by molar-refractivity contribution is -0.127. The van der Waals surface area contributed by atoms with Crippen molar-refractivity contribution in [2.24, 2.45) is 11.3 Å². The summed E-state index contributed by atoms with van der Waals surface area (Å²) in [6.45, 7) is 6.25. The predicted molar refractivity (Wildman–Crippen MR) is 118 cm³/mol. The molecule has 3 unspecified atom stereocenters. The molecule has 1 aromatic heterocycles. The van der Waals surface area contributed by atoms with Gasteiger partial charge in [-0.1, -0.05) is 29.7 Å². The fraction of sp³-hybridized carbons (Fsp3) is 0.560. The van der Waals surface area contributed by atoms with E-state index >= 15 is 0 Å². The van der Waals surface area contributed by atoms with Gasteiger partial charge in [-0.15, -0.1) is 0 Å². The second-order valence-corrected chi connectivity index (χ2v) is 9.17. The van der Waals surface area contributed by atoms with Crippen LogP contribution >= 0.6 is 0 Å². The van der Waals surface area contributed by atoms with E-state index in [2.05, 4.69) is 27.3 Å². The number of hydrogen-bond acceptors (Lipinski definition) is 4. The molecule has 0 saturated carbocycles. The first-order valence-electron chi connectivity index (χ1n) is 11.4. The Morgan fingerprint density at radius 1 is 1.20 bits per heavy atom. The number of likely N-dealkylation sites (tertiary alicyclic amines) is 1. The van der Waals surface area contributed by atoms with Gasteiger partial charge in [0, 0.05) is 18.4 Å². The molecule has 2 aliphatic heterocycles. The molecule has 1 N–H and O–H groups in total. The maximum Gasteiger partial charge on any atom is 0.237 e. The van der Waals surface area contributed by atoms with Crippen molar-refractivity contribution >= 4 is 11.8 Å². The average Bonchev–Trinajstić information content (AvgIpc) is 3.01. The number of hydrogen-bond donors (Lipinski definition) is 1. The van der Waals surface area contributed by atoms with E-state index < -0.39 is 5.41 Å². The van der Waals surface area contributed by atoms with Gasteiger partial charge in [0.2, 0.25) is 11.8 Å². The first-order chi connectivity index (χ1) is 14.5. The molecule has 2 fully saturated rings. The third-order valence-corrected chi connectivity index (χ3v) is 7.42. The molecule has 0 spiro atoms. The van der Waals surface area contributed by atoms with Crippen molar-refractivity contribution < 1.29 is 9.59 Å². The van der Waals surface area contributed by atoms with Crippen LogP contribution in [0.25, 0.3) is 0 Å². The van der Waals surface area contributed by atoms with E-state index in [4.69, 9.17) is 0 Å². The number of fused-ring (bicyclic) bond motifs is 1. The molecular weight excluding hydrogens is 374 g/mol. The van der Waals surface area contributed by atoms with Gasteiger partial charge in [-0.25, -0.2) is 0 Å². The number of aryl methyl sites for hydroxylation is 1. The normalized spacial score (nSPS) is 29.3. The van der Waals surface area contributed by atoms with Gasteiger partial charge in [-0.05, 0) is 83.2 Å². The zero-order valence-corrected chi connectivity index (χ0v) is 18.2. The first-order valence-corrected chi connectivity index (χ1v) is 11.4. The van der Waals surface area contributed by atoms with E-state index in [0.717, 1.165) is 49.9 Å². The monoisotopic (exact) mass is 407 g/mol. The molecule has 5 heteroatoms. The fourth-order valence-electron chi connectivity index (χ4n) is 5.52. The van der Waals surface area contributed by atoms with Crippen molar-refractivity contribution in [3.8, 4) is 0 Å². The molecule has 3 aliphatic rings. The molecule has 0 aromatic carbocycles. The number of imide groups is 1. The quantitative estimate of drug-likeness (QED) is 0.698. The van der Waals surface area contributed by atoms with E-state index in [0.29, 0.717) is 6.04 Å².